The summed E-state index contributed by atoms with van der Waals surface area (Å²) in [5.41, 5.74) is 0.820. The Morgan fingerprint density at radius 2 is 2.00 bits per heavy atom. The minimum Gasteiger partial charge on any atom is -0.484 e. The van der Waals surface area contributed by atoms with Crippen molar-refractivity contribution in [3.63, 3.8) is 0 Å². The second kappa shape index (κ2) is 6.50. The molecule has 0 saturated heterocycles. The number of aromatic nitrogens is 1. The van der Waals surface area contributed by atoms with E-state index in [0.717, 1.165) is 5.56 Å². The zero-order valence-electron chi connectivity index (χ0n) is 11.8. The van der Waals surface area contributed by atoms with Gasteiger partial charge in [0.2, 0.25) is 5.89 Å². The Morgan fingerprint density at radius 1 is 1.22 bits per heavy atom. The predicted octanol–water partition coefficient (Wildman–Crippen LogP) is 4.48. The van der Waals surface area contributed by atoms with Gasteiger partial charge in [0.25, 0.3) is 5.69 Å². The van der Waals surface area contributed by atoms with Gasteiger partial charge < -0.3 is 9.15 Å². The first-order valence-corrected chi connectivity index (χ1v) is 7.07. The lowest BCUT2D eigenvalue weighted by molar-refractivity contribution is -0.384. The first-order valence-electron chi connectivity index (χ1n) is 6.70. The summed E-state index contributed by atoms with van der Waals surface area (Å²) in [6, 6.07) is 13.1. The number of ether oxygens (including phenoxy) is 1. The van der Waals surface area contributed by atoms with E-state index in [1.807, 2.05) is 12.1 Å². The highest BCUT2D eigenvalue weighted by molar-refractivity contribution is 6.30. The van der Waals surface area contributed by atoms with E-state index in [0.29, 0.717) is 22.4 Å². The van der Waals surface area contributed by atoms with Crippen molar-refractivity contribution in [2.75, 3.05) is 0 Å². The minimum absolute atomic E-state index is 0.0308. The van der Waals surface area contributed by atoms with E-state index in [1.165, 1.54) is 12.1 Å². The fourth-order valence-electron chi connectivity index (χ4n) is 1.96. The van der Waals surface area contributed by atoms with Crippen LogP contribution >= 0.6 is 11.6 Å². The lowest BCUT2D eigenvalue weighted by atomic mass is 10.2. The van der Waals surface area contributed by atoms with E-state index in [-0.39, 0.29) is 12.3 Å². The van der Waals surface area contributed by atoms with Crippen molar-refractivity contribution in [1.29, 1.82) is 0 Å². The largest absolute Gasteiger partial charge is 0.484 e. The van der Waals surface area contributed by atoms with Gasteiger partial charge in [-0.25, -0.2) is 4.98 Å². The average molecular weight is 331 g/mol. The number of rotatable bonds is 5. The highest BCUT2D eigenvalue weighted by Gasteiger charge is 2.09. The third kappa shape index (κ3) is 3.67. The lowest BCUT2D eigenvalue weighted by Crippen LogP contribution is -1.96. The van der Waals surface area contributed by atoms with Crippen LogP contribution in [0.2, 0.25) is 5.02 Å². The van der Waals surface area contributed by atoms with Gasteiger partial charge in [-0.2, -0.15) is 0 Å². The molecule has 3 rings (SSSR count). The molecular formula is C16H11ClN2O4. The van der Waals surface area contributed by atoms with Gasteiger partial charge in [0, 0.05) is 16.7 Å². The summed E-state index contributed by atoms with van der Waals surface area (Å²) >= 11 is 5.84. The molecule has 6 nitrogen and oxygen atoms in total. The molecule has 0 amide bonds. The van der Waals surface area contributed by atoms with Crippen molar-refractivity contribution in [3.05, 3.63) is 75.8 Å². The van der Waals surface area contributed by atoms with Crippen LogP contribution in [0.25, 0.3) is 11.3 Å². The molecule has 116 valence electrons. The standard InChI is InChI=1S/C16H11ClN2O4/c17-12-6-4-11(5-7-12)15-9-18-16(23-15)10-22-14-3-1-2-13(8-14)19(20)21/h1-9H,10H2. The summed E-state index contributed by atoms with van der Waals surface area (Å²) in [5, 5.41) is 11.4. The van der Waals surface area contributed by atoms with Crippen LogP contribution in [0.4, 0.5) is 5.69 Å². The van der Waals surface area contributed by atoms with Crippen molar-refractivity contribution in [2.24, 2.45) is 0 Å². The molecule has 1 heterocycles. The Morgan fingerprint density at radius 3 is 2.74 bits per heavy atom. The molecule has 0 atom stereocenters. The molecule has 3 aromatic rings. The first-order chi connectivity index (χ1) is 11.1. The number of hydrogen-bond donors (Lipinski definition) is 0. The van der Waals surface area contributed by atoms with Crippen molar-refractivity contribution in [2.45, 2.75) is 6.61 Å². The summed E-state index contributed by atoms with van der Waals surface area (Å²) < 4.78 is 11.1. The first kappa shape index (κ1) is 15.1. The Balaban J connectivity index is 1.69. The second-order valence-corrected chi connectivity index (χ2v) is 5.10. The van der Waals surface area contributed by atoms with Gasteiger partial charge in [-0.3, -0.25) is 10.1 Å². The number of non-ortho nitro benzene ring substituents is 1. The summed E-state index contributed by atoms with van der Waals surface area (Å²) in [5.74, 6) is 1.35. The van der Waals surface area contributed by atoms with Crippen molar-refractivity contribution in [3.8, 4) is 17.1 Å². The molecule has 0 N–H and O–H groups in total. The molecular weight excluding hydrogens is 320 g/mol. The second-order valence-electron chi connectivity index (χ2n) is 4.67. The number of nitro benzene ring substituents is 1. The Labute approximate surface area is 136 Å². The average Bonchev–Trinajstić information content (AvgIpc) is 3.03. The van der Waals surface area contributed by atoms with E-state index < -0.39 is 4.92 Å². The third-order valence-electron chi connectivity index (χ3n) is 3.07. The molecule has 0 bridgehead atoms. The molecule has 0 fully saturated rings. The van der Waals surface area contributed by atoms with Crippen LogP contribution in [0.3, 0.4) is 0 Å². The maximum absolute atomic E-state index is 10.7. The molecule has 0 saturated carbocycles. The summed E-state index contributed by atoms with van der Waals surface area (Å²) in [7, 11) is 0. The molecule has 0 radical (unpaired) electrons. The van der Waals surface area contributed by atoms with Gasteiger partial charge >= 0.3 is 0 Å². The van der Waals surface area contributed by atoms with E-state index in [1.54, 1.807) is 30.5 Å². The fourth-order valence-corrected chi connectivity index (χ4v) is 2.08. The summed E-state index contributed by atoms with van der Waals surface area (Å²) in [4.78, 5) is 14.4. The lowest BCUT2D eigenvalue weighted by Gasteiger charge is -2.03. The van der Waals surface area contributed by atoms with Crippen LogP contribution in [0.1, 0.15) is 5.89 Å². The Bertz CT molecular complexity index is 830. The topological polar surface area (TPSA) is 78.4 Å². The smallest absolute Gasteiger partial charge is 0.273 e. The van der Waals surface area contributed by atoms with Crippen LogP contribution in [-0.2, 0) is 6.61 Å². The highest BCUT2D eigenvalue weighted by atomic mass is 35.5. The molecule has 0 aliphatic rings. The maximum Gasteiger partial charge on any atom is 0.273 e. The van der Waals surface area contributed by atoms with Gasteiger partial charge in [0.1, 0.15) is 5.75 Å². The molecule has 0 unspecified atom stereocenters. The van der Waals surface area contributed by atoms with E-state index >= 15 is 0 Å². The van der Waals surface area contributed by atoms with Crippen molar-refractivity contribution >= 4 is 17.3 Å². The molecule has 0 aliphatic carbocycles. The van der Waals surface area contributed by atoms with Crippen LogP contribution in [0, 0.1) is 10.1 Å². The minimum atomic E-state index is -0.476. The van der Waals surface area contributed by atoms with Crippen molar-refractivity contribution < 1.29 is 14.1 Å². The predicted molar refractivity (Wildman–Crippen MR) is 84.4 cm³/mol. The van der Waals surface area contributed by atoms with Gasteiger partial charge in [-0.15, -0.1) is 0 Å². The van der Waals surface area contributed by atoms with Gasteiger partial charge in [-0.05, 0) is 30.3 Å². The quantitative estimate of drug-likeness (QED) is 0.509. The highest BCUT2D eigenvalue weighted by Crippen LogP contribution is 2.24. The van der Waals surface area contributed by atoms with Crippen LogP contribution < -0.4 is 4.74 Å². The monoisotopic (exact) mass is 330 g/mol. The maximum atomic E-state index is 10.7. The van der Waals surface area contributed by atoms with E-state index in [4.69, 9.17) is 20.8 Å². The molecule has 23 heavy (non-hydrogen) atoms. The fraction of sp³-hybridized carbons (Fsp3) is 0.0625. The Kier molecular flexibility index (Phi) is 4.25. The van der Waals surface area contributed by atoms with Gasteiger partial charge in [0.15, 0.2) is 12.4 Å². The summed E-state index contributed by atoms with van der Waals surface area (Å²) in [6.45, 7) is 0.0781. The molecule has 0 spiro atoms. The van der Waals surface area contributed by atoms with Crippen LogP contribution in [-0.4, -0.2) is 9.91 Å². The molecule has 7 heteroatoms. The molecule has 2 aromatic carbocycles. The van der Waals surface area contributed by atoms with Crippen LogP contribution in [0.5, 0.6) is 5.75 Å². The zero-order valence-corrected chi connectivity index (χ0v) is 12.6. The molecule has 1 aromatic heterocycles. The number of nitro groups is 1. The summed E-state index contributed by atoms with van der Waals surface area (Å²) in [6.07, 6.45) is 1.59. The zero-order chi connectivity index (χ0) is 16.2. The van der Waals surface area contributed by atoms with Gasteiger partial charge in [0.05, 0.1) is 17.2 Å². The molecule has 0 aliphatic heterocycles. The Hall–Kier alpha value is -2.86. The van der Waals surface area contributed by atoms with Crippen molar-refractivity contribution in [1.82, 2.24) is 4.98 Å². The van der Waals surface area contributed by atoms with E-state index in [9.17, 15) is 10.1 Å². The SMILES string of the molecule is O=[N+]([O-])c1cccc(OCc2ncc(-c3ccc(Cl)cc3)o2)c1. The third-order valence-corrected chi connectivity index (χ3v) is 3.33. The van der Waals surface area contributed by atoms with Gasteiger partial charge in [-0.1, -0.05) is 17.7 Å². The van der Waals surface area contributed by atoms with E-state index in [2.05, 4.69) is 4.98 Å². The number of halogens is 1. The normalized spacial score (nSPS) is 10.5. The number of oxazole rings is 1. The van der Waals surface area contributed by atoms with Crippen LogP contribution in [0.15, 0.2) is 59.1 Å². The number of benzene rings is 2. The number of nitrogens with zero attached hydrogens (tertiary/aromatic N) is 2. The number of hydrogen-bond acceptors (Lipinski definition) is 5.